The van der Waals surface area contributed by atoms with E-state index in [1.54, 1.807) is 0 Å². The lowest BCUT2D eigenvalue weighted by molar-refractivity contribution is 0.673. The lowest BCUT2D eigenvalue weighted by Crippen LogP contribution is -2.11. The first kappa shape index (κ1) is 36.9. The van der Waals surface area contributed by atoms with Crippen LogP contribution in [-0.4, -0.2) is 4.57 Å². The van der Waals surface area contributed by atoms with Gasteiger partial charge in [-0.3, -0.25) is 0 Å². The summed E-state index contributed by atoms with van der Waals surface area (Å²) in [6.45, 7) is 0. The maximum absolute atomic E-state index is 6.69. The standard InChI is InChI=1S/C62H40N2O/c1-2-15-45-39-47(28-27-41(45)13-1)43-31-36-49(37-32-43)63(57-23-8-7-21-54(57)55-22-12-26-60-61(55)56-38-33-44-14-3-4-18-51(44)62(56)65-60)48-34-29-42(30-35-48)46-16-11-17-50(40-46)64-58-24-9-5-19-52(58)53-20-6-10-25-59(53)64/h1-40H. The van der Waals surface area contributed by atoms with Crippen LogP contribution in [0, 0.1) is 0 Å². The summed E-state index contributed by atoms with van der Waals surface area (Å²) in [4.78, 5) is 2.40. The van der Waals surface area contributed by atoms with E-state index < -0.39 is 0 Å². The molecule has 0 bridgehead atoms. The number of para-hydroxylation sites is 3. The molecule has 0 atom stereocenters. The van der Waals surface area contributed by atoms with Crippen LogP contribution in [0.25, 0.3) is 104 Å². The molecule has 11 aromatic carbocycles. The monoisotopic (exact) mass is 828 g/mol. The number of furan rings is 1. The second kappa shape index (κ2) is 15.0. The molecular weight excluding hydrogens is 789 g/mol. The minimum absolute atomic E-state index is 0.877. The zero-order valence-electron chi connectivity index (χ0n) is 35.4. The van der Waals surface area contributed by atoms with Crippen molar-refractivity contribution < 1.29 is 4.42 Å². The van der Waals surface area contributed by atoms with Gasteiger partial charge in [0.2, 0.25) is 0 Å². The van der Waals surface area contributed by atoms with Crippen molar-refractivity contribution in [2.24, 2.45) is 0 Å². The highest BCUT2D eigenvalue weighted by molar-refractivity contribution is 6.20. The molecule has 0 aliphatic rings. The molecule has 0 spiro atoms. The van der Waals surface area contributed by atoms with E-state index in [-0.39, 0.29) is 0 Å². The topological polar surface area (TPSA) is 21.3 Å². The molecule has 0 aliphatic carbocycles. The zero-order valence-corrected chi connectivity index (χ0v) is 35.4. The molecule has 13 rings (SSSR count). The Balaban J connectivity index is 0.948. The largest absolute Gasteiger partial charge is 0.455 e. The van der Waals surface area contributed by atoms with E-state index in [2.05, 4.69) is 252 Å². The molecule has 2 heterocycles. The maximum atomic E-state index is 6.69. The molecule has 0 N–H and O–H groups in total. The second-order valence-electron chi connectivity index (χ2n) is 16.9. The maximum Gasteiger partial charge on any atom is 0.143 e. The van der Waals surface area contributed by atoms with Crippen LogP contribution < -0.4 is 4.90 Å². The van der Waals surface area contributed by atoms with Crippen molar-refractivity contribution >= 4 is 82.4 Å². The van der Waals surface area contributed by atoms with Crippen molar-refractivity contribution in [3.05, 3.63) is 243 Å². The molecular formula is C62H40N2O. The molecule has 3 nitrogen and oxygen atoms in total. The SMILES string of the molecule is c1cc(-c2ccc(N(c3ccc(-c4ccc5ccccc5c4)cc3)c3ccccc3-c3cccc4oc5c6ccccc6ccc5c34)cc2)cc(-n2c3ccccc3c3ccccc32)c1. The summed E-state index contributed by atoms with van der Waals surface area (Å²) < 4.78 is 9.08. The number of fused-ring (bicyclic) bond motifs is 9. The first-order chi connectivity index (χ1) is 32.2. The third-order valence-corrected chi connectivity index (χ3v) is 13.2. The number of hydrogen-bond donors (Lipinski definition) is 0. The summed E-state index contributed by atoms with van der Waals surface area (Å²) in [6.07, 6.45) is 0. The minimum atomic E-state index is 0.877. The average molecular weight is 829 g/mol. The lowest BCUT2D eigenvalue weighted by Gasteiger charge is -2.28. The summed E-state index contributed by atoms with van der Waals surface area (Å²) in [5.41, 5.74) is 15.5. The van der Waals surface area contributed by atoms with Crippen molar-refractivity contribution in [3.63, 3.8) is 0 Å². The van der Waals surface area contributed by atoms with Gasteiger partial charge in [0, 0.05) is 49.6 Å². The fourth-order valence-corrected chi connectivity index (χ4v) is 10.1. The molecule has 0 saturated carbocycles. The fourth-order valence-electron chi connectivity index (χ4n) is 10.1. The van der Waals surface area contributed by atoms with Crippen LogP contribution >= 0.6 is 0 Å². The first-order valence-electron chi connectivity index (χ1n) is 22.2. The smallest absolute Gasteiger partial charge is 0.143 e. The lowest BCUT2D eigenvalue weighted by atomic mass is 9.96. The van der Waals surface area contributed by atoms with Gasteiger partial charge in [0.05, 0.1) is 16.7 Å². The van der Waals surface area contributed by atoms with E-state index in [1.807, 2.05) is 0 Å². The van der Waals surface area contributed by atoms with Crippen molar-refractivity contribution in [1.29, 1.82) is 0 Å². The van der Waals surface area contributed by atoms with E-state index in [0.29, 0.717) is 0 Å². The van der Waals surface area contributed by atoms with E-state index in [4.69, 9.17) is 4.42 Å². The van der Waals surface area contributed by atoms with Gasteiger partial charge in [-0.25, -0.2) is 0 Å². The molecule has 0 fully saturated rings. The van der Waals surface area contributed by atoms with E-state index in [1.165, 1.54) is 49.1 Å². The molecule has 3 heteroatoms. The number of nitrogens with zero attached hydrogens (tertiary/aromatic N) is 2. The molecule has 13 aromatic rings. The van der Waals surface area contributed by atoms with E-state index in [0.717, 1.165) is 72.3 Å². The number of anilines is 3. The third kappa shape index (κ3) is 6.12. The van der Waals surface area contributed by atoms with E-state index >= 15 is 0 Å². The van der Waals surface area contributed by atoms with Crippen molar-refractivity contribution in [2.45, 2.75) is 0 Å². The van der Waals surface area contributed by atoms with Gasteiger partial charge >= 0.3 is 0 Å². The Morgan fingerprint density at radius 1 is 0.338 bits per heavy atom. The molecule has 0 amide bonds. The van der Waals surface area contributed by atoms with Gasteiger partial charge in [-0.05, 0) is 117 Å². The van der Waals surface area contributed by atoms with Crippen molar-refractivity contribution in [2.75, 3.05) is 4.90 Å². The highest BCUT2D eigenvalue weighted by atomic mass is 16.3. The second-order valence-corrected chi connectivity index (χ2v) is 16.9. The first-order valence-corrected chi connectivity index (χ1v) is 22.2. The van der Waals surface area contributed by atoms with Crippen molar-refractivity contribution in [1.82, 2.24) is 4.57 Å². The number of hydrogen-bond acceptors (Lipinski definition) is 2. The van der Waals surface area contributed by atoms with Gasteiger partial charge in [-0.15, -0.1) is 0 Å². The van der Waals surface area contributed by atoms with Crippen LogP contribution in [0.4, 0.5) is 17.1 Å². The number of benzene rings is 11. The molecule has 0 unspecified atom stereocenters. The molecule has 65 heavy (non-hydrogen) atoms. The van der Waals surface area contributed by atoms with Gasteiger partial charge in [0.25, 0.3) is 0 Å². The van der Waals surface area contributed by atoms with Gasteiger partial charge in [-0.2, -0.15) is 0 Å². The number of rotatable bonds is 7. The van der Waals surface area contributed by atoms with Crippen LogP contribution in [0.1, 0.15) is 0 Å². The summed E-state index contributed by atoms with van der Waals surface area (Å²) in [5.74, 6) is 0. The summed E-state index contributed by atoms with van der Waals surface area (Å²) >= 11 is 0. The third-order valence-electron chi connectivity index (χ3n) is 13.2. The zero-order chi connectivity index (χ0) is 42.8. The normalized spacial score (nSPS) is 11.7. The Bertz CT molecular complexity index is 3900. The summed E-state index contributed by atoms with van der Waals surface area (Å²) in [7, 11) is 0. The molecule has 2 aromatic heterocycles. The van der Waals surface area contributed by atoms with Crippen LogP contribution in [0.2, 0.25) is 0 Å². The molecule has 304 valence electrons. The Labute approximate surface area is 376 Å². The Hall–Kier alpha value is -8.66. The number of aromatic nitrogens is 1. The molecule has 0 saturated heterocycles. The van der Waals surface area contributed by atoms with E-state index in [9.17, 15) is 0 Å². The van der Waals surface area contributed by atoms with Crippen LogP contribution in [-0.2, 0) is 0 Å². The highest BCUT2D eigenvalue weighted by Gasteiger charge is 2.21. The predicted octanol–water partition coefficient (Wildman–Crippen LogP) is 17.5. The van der Waals surface area contributed by atoms with Gasteiger partial charge in [-0.1, -0.05) is 170 Å². The quantitative estimate of drug-likeness (QED) is 0.160. The Morgan fingerprint density at radius 3 is 1.63 bits per heavy atom. The minimum Gasteiger partial charge on any atom is -0.455 e. The Kier molecular flexibility index (Phi) is 8.53. The molecule has 0 radical (unpaired) electrons. The van der Waals surface area contributed by atoms with Crippen LogP contribution in [0.3, 0.4) is 0 Å². The fraction of sp³-hybridized carbons (Fsp3) is 0. The predicted molar refractivity (Wildman–Crippen MR) is 274 cm³/mol. The van der Waals surface area contributed by atoms with Crippen molar-refractivity contribution in [3.8, 4) is 39.1 Å². The van der Waals surface area contributed by atoms with Gasteiger partial charge in [0.1, 0.15) is 11.2 Å². The Morgan fingerprint density at radius 2 is 0.892 bits per heavy atom. The van der Waals surface area contributed by atoms with Crippen LogP contribution in [0.5, 0.6) is 0 Å². The average Bonchev–Trinajstić information content (AvgIpc) is 3.94. The highest BCUT2D eigenvalue weighted by Crippen LogP contribution is 2.46. The van der Waals surface area contributed by atoms with Gasteiger partial charge < -0.3 is 13.9 Å². The van der Waals surface area contributed by atoms with Gasteiger partial charge in [0.15, 0.2) is 0 Å². The summed E-state index contributed by atoms with van der Waals surface area (Å²) in [6, 6.07) is 87.7. The van der Waals surface area contributed by atoms with Crippen LogP contribution in [0.15, 0.2) is 247 Å². The molecule has 0 aliphatic heterocycles. The summed E-state index contributed by atoms with van der Waals surface area (Å²) in [5, 5.41) is 9.51.